The molecule has 0 radical (unpaired) electrons. The molecule has 0 saturated heterocycles. The molecule has 5 rings (SSSR count). The van der Waals surface area contributed by atoms with Crippen LogP contribution in [0.25, 0.3) is 11.4 Å². The third-order valence-corrected chi connectivity index (χ3v) is 7.06. The van der Waals surface area contributed by atoms with Crippen LogP contribution in [0.4, 0.5) is 0 Å². The molecule has 4 heteroatoms. The molecule has 4 nitrogen and oxygen atoms in total. The van der Waals surface area contributed by atoms with Gasteiger partial charge >= 0.3 is 0 Å². The minimum absolute atomic E-state index is 0.0828. The van der Waals surface area contributed by atoms with Crippen LogP contribution in [-0.2, 0) is 5.41 Å². The Hall–Kier alpha value is -3.14. The molecule has 2 heterocycles. The van der Waals surface area contributed by atoms with Gasteiger partial charge in [0.05, 0.1) is 22.8 Å². The summed E-state index contributed by atoms with van der Waals surface area (Å²) in [5, 5.41) is 9.31. The summed E-state index contributed by atoms with van der Waals surface area (Å²) in [6.07, 6.45) is 6.28. The Balaban J connectivity index is 1.51. The molecule has 1 aliphatic rings. The Morgan fingerprint density at radius 2 is 1.00 bits per heavy atom. The standard InChI is InChI=1S/C28H32N4/c1-20-18-22(3)31(29-20)26-12-8-24(9-13-26)28(16-6-5-7-17-28)25-10-14-27(15-11-25)32-23(4)19-21(2)30-32/h8-15,18-19H,5-7,16-17H2,1-4H3. The van der Waals surface area contributed by atoms with Crippen LogP contribution in [0.2, 0.25) is 0 Å². The Kier molecular flexibility index (Phi) is 5.24. The number of benzene rings is 2. The summed E-state index contributed by atoms with van der Waals surface area (Å²) >= 11 is 0. The number of nitrogens with zero attached hydrogens (tertiary/aromatic N) is 4. The number of aromatic nitrogens is 4. The average molecular weight is 425 g/mol. The van der Waals surface area contributed by atoms with E-state index in [0.29, 0.717) is 0 Å². The number of hydrogen-bond acceptors (Lipinski definition) is 2. The topological polar surface area (TPSA) is 35.6 Å². The Morgan fingerprint density at radius 1 is 0.594 bits per heavy atom. The van der Waals surface area contributed by atoms with Crippen molar-refractivity contribution < 1.29 is 0 Å². The number of aryl methyl sites for hydroxylation is 4. The van der Waals surface area contributed by atoms with Crippen molar-refractivity contribution in [2.45, 2.75) is 65.2 Å². The smallest absolute Gasteiger partial charge is 0.0648 e. The van der Waals surface area contributed by atoms with Crippen molar-refractivity contribution >= 4 is 0 Å². The lowest BCUT2D eigenvalue weighted by molar-refractivity contribution is 0.346. The van der Waals surface area contributed by atoms with E-state index in [-0.39, 0.29) is 5.41 Å². The quantitative estimate of drug-likeness (QED) is 0.373. The highest BCUT2D eigenvalue weighted by molar-refractivity contribution is 5.47. The zero-order valence-electron chi connectivity index (χ0n) is 19.6. The van der Waals surface area contributed by atoms with E-state index in [1.54, 1.807) is 0 Å². The highest BCUT2D eigenvalue weighted by Gasteiger charge is 2.35. The minimum atomic E-state index is 0.0828. The molecule has 1 saturated carbocycles. The van der Waals surface area contributed by atoms with E-state index < -0.39 is 0 Å². The second-order valence-corrected chi connectivity index (χ2v) is 9.41. The van der Waals surface area contributed by atoms with Gasteiger partial charge in [-0.25, -0.2) is 9.36 Å². The fourth-order valence-electron chi connectivity index (χ4n) is 5.52. The van der Waals surface area contributed by atoms with Crippen LogP contribution in [0.15, 0.2) is 60.7 Å². The van der Waals surface area contributed by atoms with Gasteiger partial charge in [-0.15, -0.1) is 0 Å². The van der Waals surface area contributed by atoms with Gasteiger partial charge in [0.1, 0.15) is 0 Å². The van der Waals surface area contributed by atoms with Gasteiger partial charge in [0.25, 0.3) is 0 Å². The predicted molar refractivity (Wildman–Crippen MR) is 130 cm³/mol. The van der Waals surface area contributed by atoms with Gasteiger partial charge < -0.3 is 0 Å². The van der Waals surface area contributed by atoms with Gasteiger partial charge in [0.2, 0.25) is 0 Å². The average Bonchev–Trinajstić information content (AvgIpc) is 3.33. The summed E-state index contributed by atoms with van der Waals surface area (Å²) in [7, 11) is 0. The van der Waals surface area contributed by atoms with Crippen molar-refractivity contribution in [3.63, 3.8) is 0 Å². The van der Waals surface area contributed by atoms with Crippen LogP contribution in [-0.4, -0.2) is 19.6 Å². The van der Waals surface area contributed by atoms with Gasteiger partial charge in [-0.3, -0.25) is 0 Å². The Morgan fingerprint density at radius 3 is 1.34 bits per heavy atom. The van der Waals surface area contributed by atoms with E-state index in [9.17, 15) is 0 Å². The minimum Gasteiger partial charge on any atom is -0.238 e. The van der Waals surface area contributed by atoms with Crippen LogP contribution >= 0.6 is 0 Å². The van der Waals surface area contributed by atoms with E-state index in [2.05, 4.69) is 84.7 Å². The largest absolute Gasteiger partial charge is 0.238 e. The Bertz CT molecular complexity index is 1130. The highest BCUT2D eigenvalue weighted by Crippen LogP contribution is 2.45. The molecule has 1 fully saturated rings. The van der Waals surface area contributed by atoms with Crippen molar-refractivity contribution in [2.75, 3.05) is 0 Å². The van der Waals surface area contributed by atoms with Gasteiger partial charge in [0.15, 0.2) is 0 Å². The van der Waals surface area contributed by atoms with E-state index in [1.807, 2.05) is 23.2 Å². The van der Waals surface area contributed by atoms with Crippen LogP contribution in [0.3, 0.4) is 0 Å². The van der Waals surface area contributed by atoms with E-state index in [4.69, 9.17) is 0 Å². The molecule has 0 N–H and O–H groups in total. The maximum Gasteiger partial charge on any atom is 0.0648 e. The first-order chi connectivity index (χ1) is 15.5. The molecule has 32 heavy (non-hydrogen) atoms. The molecule has 2 aromatic carbocycles. The van der Waals surface area contributed by atoms with Gasteiger partial charge in [-0.2, -0.15) is 10.2 Å². The molecule has 0 unspecified atom stereocenters. The SMILES string of the molecule is Cc1cc(C)n(-c2ccc(C3(c4ccc(-n5nc(C)cc5C)cc4)CCCCC3)cc2)n1. The first-order valence-electron chi connectivity index (χ1n) is 11.7. The lowest BCUT2D eigenvalue weighted by Gasteiger charge is -2.39. The van der Waals surface area contributed by atoms with Gasteiger partial charge in [0, 0.05) is 16.8 Å². The first-order valence-corrected chi connectivity index (χ1v) is 11.7. The summed E-state index contributed by atoms with van der Waals surface area (Å²) in [6.45, 7) is 8.32. The monoisotopic (exact) mass is 424 g/mol. The van der Waals surface area contributed by atoms with E-state index >= 15 is 0 Å². The van der Waals surface area contributed by atoms with Crippen molar-refractivity contribution in [1.82, 2.24) is 19.6 Å². The van der Waals surface area contributed by atoms with E-state index in [0.717, 1.165) is 22.8 Å². The van der Waals surface area contributed by atoms with Crippen LogP contribution in [0.5, 0.6) is 0 Å². The number of rotatable bonds is 4. The van der Waals surface area contributed by atoms with Crippen molar-refractivity contribution in [1.29, 1.82) is 0 Å². The molecule has 0 aliphatic heterocycles. The lowest BCUT2D eigenvalue weighted by atomic mass is 9.65. The van der Waals surface area contributed by atoms with Crippen molar-refractivity contribution in [2.24, 2.45) is 0 Å². The second kappa shape index (κ2) is 8.09. The van der Waals surface area contributed by atoms with Crippen molar-refractivity contribution in [3.05, 3.63) is 94.6 Å². The van der Waals surface area contributed by atoms with Gasteiger partial charge in [-0.05, 0) is 88.1 Å². The zero-order chi connectivity index (χ0) is 22.3. The normalized spacial score (nSPS) is 15.8. The van der Waals surface area contributed by atoms with Crippen molar-refractivity contribution in [3.8, 4) is 11.4 Å². The zero-order valence-corrected chi connectivity index (χ0v) is 19.6. The molecule has 1 aliphatic carbocycles. The molecule has 0 amide bonds. The van der Waals surface area contributed by atoms with Crippen LogP contribution < -0.4 is 0 Å². The third kappa shape index (κ3) is 3.58. The fourth-order valence-corrected chi connectivity index (χ4v) is 5.52. The third-order valence-electron chi connectivity index (χ3n) is 7.06. The molecule has 164 valence electrons. The first kappa shape index (κ1) is 20.7. The maximum atomic E-state index is 4.65. The summed E-state index contributed by atoms with van der Waals surface area (Å²) < 4.78 is 4.08. The van der Waals surface area contributed by atoms with E-state index in [1.165, 1.54) is 54.6 Å². The molecule has 2 aromatic heterocycles. The number of hydrogen-bond donors (Lipinski definition) is 0. The summed E-state index contributed by atoms with van der Waals surface area (Å²) in [5.74, 6) is 0. The Labute approximate surface area is 190 Å². The molecular formula is C28H32N4. The van der Waals surface area contributed by atoms with Crippen LogP contribution in [0.1, 0.15) is 66.0 Å². The highest BCUT2D eigenvalue weighted by atomic mass is 15.3. The molecule has 0 spiro atoms. The summed E-state index contributed by atoms with van der Waals surface area (Å²) in [6, 6.07) is 22.5. The van der Waals surface area contributed by atoms with Gasteiger partial charge in [-0.1, -0.05) is 43.5 Å². The summed E-state index contributed by atoms with van der Waals surface area (Å²) in [4.78, 5) is 0. The van der Waals surface area contributed by atoms with Crippen LogP contribution in [0, 0.1) is 27.7 Å². The maximum absolute atomic E-state index is 4.65. The second-order valence-electron chi connectivity index (χ2n) is 9.41. The fraction of sp³-hybridized carbons (Fsp3) is 0.357. The molecular weight excluding hydrogens is 392 g/mol. The predicted octanol–water partition coefficient (Wildman–Crippen LogP) is 6.54. The summed E-state index contributed by atoms with van der Waals surface area (Å²) in [5.41, 5.74) is 9.62. The molecule has 4 aromatic rings. The lowest BCUT2D eigenvalue weighted by Crippen LogP contribution is -2.30. The molecule has 0 bridgehead atoms. The molecule has 0 atom stereocenters.